The third-order valence-electron chi connectivity index (χ3n) is 3.88. The first-order valence-electron chi connectivity index (χ1n) is 7.77. The number of phenols is 2. The number of hydrogen-bond donors (Lipinski definition) is 2. The Labute approximate surface area is 135 Å². The zero-order valence-corrected chi connectivity index (χ0v) is 13.0. The molecule has 23 heavy (non-hydrogen) atoms. The molecule has 3 nitrogen and oxygen atoms in total. The van der Waals surface area contributed by atoms with Gasteiger partial charge in [-0.1, -0.05) is 49.7 Å². The molecule has 0 spiro atoms. The summed E-state index contributed by atoms with van der Waals surface area (Å²) in [5, 5.41) is 20.6. The van der Waals surface area contributed by atoms with Gasteiger partial charge in [0.15, 0.2) is 0 Å². The number of aromatic nitrogens is 1. The van der Waals surface area contributed by atoms with Crippen LogP contribution in [-0.4, -0.2) is 15.2 Å². The fourth-order valence-electron chi connectivity index (χ4n) is 2.86. The molecule has 0 saturated heterocycles. The maximum absolute atomic E-state index is 10.4. The van der Waals surface area contributed by atoms with Crippen molar-refractivity contribution < 1.29 is 10.2 Å². The summed E-state index contributed by atoms with van der Waals surface area (Å²) in [4.78, 5) is 4.53. The molecule has 0 aliphatic carbocycles. The van der Waals surface area contributed by atoms with Crippen LogP contribution in [-0.2, 0) is 6.42 Å². The van der Waals surface area contributed by atoms with Crippen LogP contribution in [0.4, 0.5) is 0 Å². The standard InChI is InChI=1S/C20H19NO2/c1-2-7-14-8-6-13-21-20(14)16-10-5-12-18(23)19(16)15-9-3-4-11-17(15)22/h3-6,8-13,22-23H,2,7H2,1H3. The number of pyridine rings is 1. The summed E-state index contributed by atoms with van der Waals surface area (Å²) in [5.74, 6) is 0.278. The molecule has 0 amide bonds. The molecule has 0 aliphatic heterocycles. The molecule has 0 bridgehead atoms. The Balaban J connectivity index is 2.27. The van der Waals surface area contributed by atoms with Gasteiger partial charge in [0, 0.05) is 22.9 Å². The van der Waals surface area contributed by atoms with Crippen LogP contribution in [0.15, 0.2) is 60.8 Å². The fourth-order valence-corrected chi connectivity index (χ4v) is 2.86. The second kappa shape index (κ2) is 6.53. The van der Waals surface area contributed by atoms with Crippen molar-refractivity contribution in [3.05, 3.63) is 66.4 Å². The molecule has 1 heterocycles. The average molecular weight is 305 g/mol. The van der Waals surface area contributed by atoms with Crippen molar-refractivity contribution in [1.82, 2.24) is 4.98 Å². The molecule has 2 aromatic carbocycles. The van der Waals surface area contributed by atoms with Gasteiger partial charge in [0.1, 0.15) is 11.5 Å². The summed E-state index contributed by atoms with van der Waals surface area (Å²) in [6.07, 6.45) is 3.69. The molecule has 3 rings (SSSR count). The first kappa shape index (κ1) is 15.1. The maximum atomic E-state index is 10.4. The van der Waals surface area contributed by atoms with Crippen molar-refractivity contribution in [3.63, 3.8) is 0 Å². The number of aryl methyl sites for hydroxylation is 1. The van der Waals surface area contributed by atoms with Gasteiger partial charge in [0.05, 0.1) is 5.69 Å². The smallest absolute Gasteiger partial charge is 0.124 e. The lowest BCUT2D eigenvalue weighted by Crippen LogP contribution is -1.95. The molecule has 3 aromatic rings. The second-order valence-electron chi connectivity index (χ2n) is 5.48. The van der Waals surface area contributed by atoms with E-state index >= 15 is 0 Å². The van der Waals surface area contributed by atoms with Gasteiger partial charge in [-0.3, -0.25) is 4.98 Å². The summed E-state index contributed by atoms with van der Waals surface area (Å²) < 4.78 is 0. The van der Waals surface area contributed by atoms with E-state index in [4.69, 9.17) is 0 Å². The number of aromatic hydroxyl groups is 2. The number of hydrogen-bond acceptors (Lipinski definition) is 3. The molecule has 0 saturated carbocycles. The Bertz CT molecular complexity index is 827. The van der Waals surface area contributed by atoms with E-state index in [0.29, 0.717) is 11.1 Å². The van der Waals surface area contributed by atoms with Crippen molar-refractivity contribution in [2.75, 3.05) is 0 Å². The van der Waals surface area contributed by atoms with Gasteiger partial charge in [0.25, 0.3) is 0 Å². The summed E-state index contributed by atoms with van der Waals surface area (Å²) >= 11 is 0. The molecule has 0 fully saturated rings. The predicted octanol–water partition coefficient (Wildman–Crippen LogP) is 4.78. The number of nitrogens with zero attached hydrogens (tertiary/aromatic N) is 1. The molecule has 1 aromatic heterocycles. The molecule has 0 aliphatic rings. The Morgan fingerprint density at radius 1 is 0.826 bits per heavy atom. The molecular weight excluding hydrogens is 286 g/mol. The lowest BCUT2D eigenvalue weighted by molar-refractivity contribution is 0.469. The van der Waals surface area contributed by atoms with E-state index in [0.717, 1.165) is 29.7 Å². The van der Waals surface area contributed by atoms with Crippen molar-refractivity contribution in [2.24, 2.45) is 0 Å². The normalized spacial score (nSPS) is 10.7. The Morgan fingerprint density at radius 2 is 1.57 bits per heavy atom. The molecule has 0 unspecified atom stereocenters. The predicted molar refractivity (Wildman–Crippen MR) is 92.4 cm³/mol. The van der Waals surface area contributed by atoms with Crippen molar-refractivity contribution in [2.45, 2.75) is 19.8 Å². The van der Waals surface area contributed by atoms with Crippen molar-refractivity contribution in [1.29, 1.82) is 0 Å². The number of phenolic OH excluding ortho intramolecular Hbond substituents is 2. The van der Waals surface area contributed by atoms with Crippen LogP contribution < -0.4 is 0 Å². The van der Waals surface area contributed by atoms with E-state index in [9.17, 15) is 10.2 Å². The van der Waals surface area contributed by atoms with Crippen LogP contribution in [0.3, 0.4) is 0 Å². The topological polar surface area (TPSA) is 53.4 Å². The maximum Gasteiger partial charge on any atom is 0.124 e. The van der Waals surface area contributed by atoms with Gasteiger partial charge < -0.3 is 10.2 Å². The van der Waals surface area contributed by atoms with Gasteiger partial charge >= 0.3 is 0 Å². The SMILES string of the molecule is CCCc1cccnc1-c1cccc(O)c1-c1ccccc1O. The van der Waals surface area contributed by atoms with Crippen LogP contribution in [0, 0.1) is 0 Å². The Hall–Kier alpha value is -2.81. The van der Waals surface area contributed by atoms with E-state index in [1.54, 1.807) is 36.5 Å². The molecule has 0 atom stereocenters. The van der Waals surface area contributed by atoms with Crippen molar-refractivity contribution in [3.8, 4) is 33.9 Å². The van der Waals surface area contributed by atoms with E-state index in [2.05, 4.69) is 18.0 Å². The molecule has 3 heteroatoms. The Kier molecular flexibility index (Phi) is 4.29. The highest BCUT2D eigenvalue weighted by Gasteiger charge is 2.17. The highest BCUT2D eigenvalue weighted by Crippen LogP contribution is 2.42. The first-order chi connectivity index (χ1) is 11.2. The third-order valence-corrected chi connectivity index (χ3v) is 3.88. The lowest BCUT2D eigenvalue weighted by atomic mass is 9.93. The van der Waals surface area contributed by atoms with Gasteiger partial charge in [-0.25, -0.2) is 0 Å². The molecule has 2 N–H and O–H groups in total. The minimum absolute atomic E-state index is 0.136. The van der Waals surface area contributed by atoms with Crippen LogP contribution in [0.1, 0.15) is 18.9 Å². The summed E-state index contributed by atoms with van der Waals surface area (Å²) in [6, 6.07) is 16.4. The highest BCUT2D eigenvalue weighted by molar-refractivity contribution is 5.89. The van der Waals surface area contributed by atoms with E-state index in [1.807, 2.05) is 18.2 Å². The second-order valence-corrected chi connectivity index (χ2v) is 5.48. The van der Waals surface area contributed by atoms with Gasteiger partial charge in [0.2, 0.25) is 0 Å². The van der Waals surface area contributed by atoms with Crippen LogP contribution >= 0.6 is 0 Å². The fraction of sp³-hybridized carbons (Fsp3) is 0.150. The monoisotopic (exact) mass is 305 g/mol. The number of para-hydroxylation sites is 1. The van der Waals surface area contributed by atoms with Crippen LogP contribution in [0.2, 0.25) is 0 Å². The summed E-state index contributed by atoms with van der Waals surface area (Å²) in [7, 11) is 0. The number of rotatable bonds is 4. The first-order valence-corrected chi connectivity index (χ1v) is 7.77. The largest absolute Gasteiger partial charge is 0.507 e. The van der Waals surface area contributed by atoms with Crippen molar-refractivity contribution >= 4 is 0 Å². The zero-order chi connectivity index (χ0) is 16.2. The summed E-state index contributed by atoms with van der Waals surface area (Å²) in [6.45, 7) is 2.13. The lowest BCUT2D eigenvalue weighted by Gasteiger charge is -2.15. The van der Waals surface area contributed by atoms with Gasteiger partial charge in [-0.2, -0.15) is 0 Å². The average Bonchev–Trinajstić information content (AvgIpc) is 2.56. The summed E-state index contributed by atoms with van der Waals surface area (Å²) in [5.41, 5.74) is 4.03. The van der Waals surface area contributed by atoms with Crippen LogP contribution in [0.25, 0.3) is 22.4 Å². The van der Waals surface area contributed by atoms with Gasteiger partial charge in [-0.05, 0) is 30.2 Å². The minimum Gasteiger partial charge on any atom is -0.507 e. The molecule has 116 valence electrons. The van der Waals surface area contributed by atoms with Crippen LogP contribution in [0.5, 0.6) is 11.5 Å². The van der Waals surface area contributed by atoms with Gasteiger partial charge in [-0.15, -0.1) is 0 Å². The quantitative estimate of drug-likeness (QED) is 0.729. The van der Waals surface area contributed by atoms with E-state index in [-0.39, 0.29) is 11.5 Å². The number of benzene rings is 2. The highest BCUT2D eigenvalue weighted by atomic mass is 16.3. The van der Waals surface area contributed by atoms with E-state index < -0.39 is 0 Å². The minimum atomic E-state index is 0.136. The molecule has 0 radical (unpaired) electrons. The van der Waals surface area contributed by atoms with E-state index in [1.165, 1.54) is 0 Å². The molecular formula is C20H19NO2. The zero-order valence-electron chi connectivity index (χ0n) is 13.0. The third kappa shape index (κ3) is 2.90. The Morgan fingerprint density at radius 3 is 2.35 bits per heavy atom.